The minimum absolute atomic E-state index is 0.724. The Morgan fingerprint density at radius 3 is 3.27 bits per heavy atom. The highest BCUT2D eigenvalue weighted by Gasteiger charge is 2.11. The molecule has 0 fully saturated rings. The van der Waals surface area contributed by atoms with E-state index in [2.05, 4.69) is 10.2 Å². The second-order valence-corrected chi connectivity index (χ2v) is 2.77. The molecule has 0 aliphatic carbocycles. The quantitative estimate of drug-likeness (QED) is 0.555. The molecule has 2 rings (SSSR count). The summed E-state index contributed by atoms with van der Waals surface area (Å²) in [7, 11) is 0. The monoisotopic (exact) mass is 150 g/mol. The first-order chi connectivity index (χ1) is 5.36. The van der Waals surface area contributed by atoms with Crippen LogP contribution in [-0.2, 0) is 6.42 Å². The first-order valence-corrected chi connectivity index (χ1v) is 3.82. The molecule has 0 atom stereocenters. The number of hydrogen-bond donors (Lipinski definition) is 0. The van der Waals surface area contributed by atoms with Crippen LogP contribution in [-0.4, -0.2) is 16.8 Å². The molecule has 0 spiro atoms. The smallest absolute Gasteiger partial charge is 0.236 e. The Bertz CT molecular complexity index is 273. The van der Waals surface area contributed by atoms with Crippen LogP contribution < -0.4 is 4.74 Å². The highest BCUT2D eigenvalue weighted by atomic mass is 16.5. The minimum Gasteiger partial charge on any atom is -0.476 e. The predicted octanol–water partition coefficient (Wildman–Crippen LogP) is 1.11. The molecule has 2 heterocycles. The van der Waals surface area contributed by atoms with E-state index in [4.69, 9.17) is 4.74 Å². The number of fused-ring (bicyclic) bond motifs is 1. The van der Waals surface area contributed by atoms with Crippen molar-refractivity contribution in [1.29, 1.82) is 0 Å². The van der Waals surface area contributed by atoms with Gasteiger partial charge in [-0.2, -0.15) is 5.10 Å². The van der Waals surface area contributed by atoms with Crippen LogP contribution in [0.3, 0.4) is 0 Å². The van der Waals surface area contributed by atoms with Gasteiger partial charge in [-0.1, -0.05) is 0 Å². The summed E-state index contributed by atoms with van der Waals surface area (Å²) in [6.45, 7) is 2.73. The van der Waals surface area contributed by atoms with E-state index >= 15 is 0 Å². The molecule has 0 amide bonds. The van der Waals surface area contributed by atoms with E-state index in [1.54, 1.807) is 0 Å². The van der Waals surface area contributed by atoms with Gasteiger partial charge in [0.1, 0.15) is 0 Å². The third-order valence-electron chi connectivity index (χ3n) is 1.79. The van der Waals surface area contributed by atoms with Crippen molar-refractivity contribution >= 4 is 0 Å². The van der Waals surface area contributed by atoms with E-state index < -0.39 is 0 Å². The second-order valence-electron chi connectivity index (χ2n) is 2.77. The molecule has 0 N–H and O–H groups in total. The maximum absolute atomic E-state index is 5.30. The van der Waals surface area contributed by atoms with Crippen LogP contribution in [0.15, 0.2) is 6.07 Å². The molecule has 58 valence electrons. The average Bonchev–Trinajstić information content (AvgIpc) is 2.04. The average molecular weight is 150 g/mol. The Morgan fingerprint density at radius 1 is 1.45 bits per heavy atom. The number of hydrogen-bond acceptors (Lipinski definition) is 3. The van der Waals surface area contributed by atoms with Gasteiger partial charge in [0.25, 0.3) is 0 Å². The molecule has 11 heavy (non-hydrogen) atoms. The molecule has 0 saturated heterocycles. The van der Waals surface area contributed by atoms with Gasteiger partial charge in [0, 0.05) is 5.56 Å². The number of nitrogens with zero attached hydrogens (tertiary/aromatic N) is 2. The molecule has 0 unspecified atom stereocenters. The molecule has 3 heteroatoms. The topological polar surface area (TPSA) is 35.0 Å². The van der Waals surface area contributed by atoms with E-state index in [0.29, 0.717) is 0 Å². The zero-order chi connectivity index (χ0) is 7.68. The lowest BCUT2D eigenvalue weighted by molar-refractivity contribution is 0.272. The van der Waals surface area contributed by atoms with Gasteiger partial charge in [-0.15, -0.1) is 5.10 Å². The zero-order valence-corrected chi connectivity index (χ0v) is 6.50. The molecule has 1 aliphatic rings. The minimum atomic E-state index is 0.724. The molecule has 1 aromatic heterocycles. The third kappa shape index (κ3) is 1.18. The lowest BCUT2D eigenvalue weighted by atomic mass is 10.1. The van der Waals surface area contributed by atoms with Crippen LogP contribution in [0.4, 0.5) is 0 Å². The lowest BCUT2D eigenvalue weighted by Gasteiger charge is -2.14. The summed E-state index contributed by atoms with van der Waals surface area (Å²) in [4.78, 5) is 0. The van der Waals surface area contributed by atoms with E-state index in [0.717, 1.165) is 31.0 Å². The second kappa shape index (κ2) is 2.49. The Hall–Kier alpha value is -1.12. The van der Waals surface area contributed by atoms with E-state index in [9.17, 15) is 0 Å². The molecular weight excluding hydrogens is 140 g/mol. The predicted molar refractivity (Wildman–Crippen MR) is 40.6 cm³/mol. The van der Waals surface area contributed by atoms with Gasteiger partial charge in [0.2, 0.25) is 5.88 Å². The first kappa shape index (κ1) is 6.58. The molecule has 0 radical (unpaired) electrons. The van der Waals surface area contributed by atoms with E-state index in [1.165, 1.54) is 5.56 Å². The SMILES string of the molecule is Cc1cc2c(nn1)OCCC2. The van der Waals surface area contributed by atoms with Gasteiger partial charge in [0.05, 0.1) is 12.3 Å². The number of aromatic nitrogens is 2. The van der Waals surface area contributed by atoms with Crippen molar-refractivity contribution in [2.75, 3.05) is 6.61 Å². The van der Waals surface area contributed by atoms with Crippen LogP contribution >= 0.6 is 0 Å². The Morgan fingerprint density at radius 2 is 2.36 bits per heavy atom. The number of ether oxygens (including phenoxy) is 1. The summed E-state index contributed by atoms with van der Waals surface area (Å²) in [5.41, 5.74) is 2.16. The largest absolute Gasteiger partial charge is 0.476 e. The van der Waals surface area contributed by atoms with Gasteiger partial charge >= 0.3 is 0 Å². The van der Waals surface area contributed by atoms with E-state index in [1.807, 2.05) is 13.0 Å². The standard InChI is InChI=1S/C8H10N2O/c1-6-5-7-3-2-4-11-8(7)10-9-6/h5H,2-4H2,1H3. The summed E-state index contributed by atoms with van der Waals surface area (Å²) in [5, 5.41) is 7.86. The Kier molecular flexibility index (Phi) is 1.49. The molecule has 0 bridgehead atoms. The normalized spacial score (nSPS) is 15.4. The fourth-order valence-electron chi connectivity index (χ4n) is 1.26. The Balaban J connectivity index is 2.43. The summed E-state index contributed by atoms with van der Waals surface area (Å²) < 4.78 is 5.30. The van der Waals surface area contributed by atoms with Gasteiger partial charge < -0.3 is 4.74 Å². The molecule has 3 nitrogen and oxygen atoms in total. The number of rotatable bonds is 0. The van der Waals surface area contributed by atoms with E-state index in [-0.39, 0.29) is 0 Å². The van der Waals surface area contributed by atoms with Gasteiger partial charge in [0.15, 0.2) is 0 Å². The maximum Gasteiger partial charge on any atom is 0.236 e. The number of aryl methyl sites for hydroxylation is 2. The molecule has 1 aromatic rings. The van der Waals surface area contributed by atoms with Gasteiger partial charge in [-0.3, -0.25) is 0 Å². The maximum atomic E-state index is 5.30. The summed E-state index contributed by atoms with van der Waals surface area (Å²) in [5.74, 6) is 0.724. The fourth-order valence-corrected chi connectivity index (χ4v) is 1.26. The van der Waals surface area contributed by atoms with Crippen LogP contribution in [0, 0.1) is 6.92 Å². The molecular formula is C8H10N2O. The molecule has 0 saturated carbocycles. The molecule has 1 aliphatic heterocycles. The van der Waals surface area contributed by atoms with Gasteiger partial charge in [-0.25, -0.2) is 0 Å². The summed E-state index contributed by atoms with van der Waals surface area (Å²) in [6, 6.07) is 2.04. The fraction of sp³-hybridized carbons (Fsp3) is 0.500. The third-order valence-corrected chi connectivity index (χ3v) is 1.79. The summed E-state index contributed by atoms with van der Waals surface area (Å²) in [6.07, 6.45) is 2.17. The van der Waals surface area contributed by atoms with Crippen LogP contribution in [0.25, 0.3) is 0 Å². The van der Waals surface area contributed by atoms with Crippen LogP contribution in [0.2, 0.25) is 0 Å². The van der Waals surface area contributed by atoms with Crippen molar-refractivity contribution in [3.05, 3.63) is 17.3 Å². The van der Waals surface area contributed by atoms with Crippen molar-refractivity contribution in [1.82, 2.24) is 10.2 Å². The highest BCUT2D eigenvalue weighted by Crippen LogP contribution is 2.20. The summed E-state index contributed by atoms with van der Waals surface area (Å²) >= 11 is 0. The zero-order valence-electron chi connectivity index (χ0n) is 6.50. The first-order valence-electron chi connectivity index (χ1n) is 3.82. The highest BCUT2D eigenvalue weighted by molar-refractivity contribution is 5.27. The van der Waals surface area contributed by atoms with Crippen molar-refractivity contribution in [3.63, 3.8) is 0 Å². The van der Waals surface area contributed by atoms with Crippen molar-refractivity contribution < 1.29 is 4.74 Å². The molecule has 0 aromatic carbocycles. The van der Waals surface area contributed by atoms with Crippen molar-refractivity contribution in [3.8, 4) is 5.88 Å². The Labute approximate surface area is 65.4 Å². The van der Waals surface area contributed by atoms with Crippen molar-refractivity contribution in [2.24, 2.45) is 0 Å². The van der Waals surface area contributed by atoms with Crippen LogP contribution in [0.1, 0.15) is 17.7 Å². The van der Waals surface area contributed by atoms with Crippen molar-refractivity contribution in [2.45, 2.75) is 19.8 Å². The van der Waals surface area contributed by atoms with Crippen LogP contribution in [0.5, 0.6) is 5.88 Å². The lowest BCUT2D eigenvalue weighted by Crippen LogP contribution is -2.10. The van der Waals surface area contributed by atoms with Gasteiger partial charge in [-0.05, 0) is 25.8 Å².